The molecule has 7 nitrogen and oxygen atoms in total. The molecule has 8 heteroatoms. The summed E-state index contributed by atoms with van der Waals surface area (Å²) in [5, 5.41) is 14.6. The number of imidazole rings is 1. The number of aromatic amines is 1. The number of rotatable bonds is 5. The zero-order chi connectivity index (χ0) is 15.2. The van der Waals surface area contributed by atoms with Crippen LogP contribution in [0, 0.1) is 0 Å². The van der Waals surface area contributed by atoms with Gasteiger partial charge in [-0.3, -0.25) is 0 Å². The molecule has 0 saturated carbocycles. The van der Waals surface area contributed by atoms with Crippen LogP contribution in [0.25, 0.3) is 0 Å². The molecule has 1 aromatic carbocycles. The number of carboxylic acid groups (broad SMARTS) is 1. The maximum absolute atomic E-state index is 11.8. The van der Waals surface area contributed by atoms with Gasteiger partial charge in [-0.15, -0.1) is 0 Å². The third kappa shape index (κ3) is 4.50. The number of carbonyl (C=O) groups is 2. The predicted octanol–water partition coefficient (Wildman–Crippen LogP) is 1.88. The van der Waals surface area contributed by atoms with Gasteiger partial charge in [-0.25, -0.2) is 14.6 Å². The number of aliphatic carboxylic acids is 1. The van der Waals surface area contributed by atoms with E-state index in [0.29, 0.717) is 16.4 Å². The molecule has 4 N–H and O–H groups in total. The standard InChI is InChI=1S/C13H13ClN4O3/c14-8-1-3-9(4-2-8)17-13(21)18-11(12(19)20)5-10-6-15-7-16-10/h1-4,6-7,11H,5H2,(H,15,16)(H,19,20)(H2,17,18,21). The van der Waals surface area contributed by atoms with Crippen molar-refractivity contribution < 1.29 is 14.7 Å². The molecule has 21 heavy (non-hydrogen) atoms. The van der Waals surface area contributed by atoms with E-state index in [1.807, 2.05) is 0 Å². The number of hydrogen-bond donors (Lipinski definition) is 4. The summed E-state index contributed by atoms with van der Waals surface area (Å²) in [6.07, 6.45) is 3.07. The molecular formula is C13H13ClN4O3. The maximum atomic E-state index is 11.8. The first-order valence-corrected chi connectivity index (χ1v) is 6.45. The zero-order valence-corrected chi connectivity index (χ0v) is 11.6. The van der Waals surface area contributed by atoms with Gasteiger partial charge in [-0.05, 0) is 24.3 Å². The highest BCUT2D eigenvalue weighted by molar-refractivity contribution is 6.30. The van der Waals surface area contributed by atoms with Crippen molar-refractivity contribution in [3.63, 3.8) is 0 Å². The number of hydrogen-bond acceptors (Lipinski definition) is 3. The first-order chi connectivity index (χ1) is 10.0. The van der Waals surface area contributed by atoms with Gasteiger partial charge in [-0.1, -0.05) is 11.6 Å². The Kier molecular flexibility index (Phi) is 4.78. The predicted molar refractivity (Wildman–Crippen MR) is 77.3 cm³/mol. The number of urea groups is 1. The van der Waals surface area contributed by atoms with Gasteiger partial charge >= 0.3 is 12.0 Å². The summed E-state index contributed by atoms with van der Waals surface area (Å²) < 4.78 is 0. The van der Waals surface area contributed by atoms with E-state index in [1.165, 1.54) is 12.5 Å². The second-order valence-corrected chi connectivity index (χ2v) is 4.71. The Morgan fingerprint density at radius 1 is 1.33 bits per heavy atom. The van der Waals surface area contributed by atoms with Gasteiger partial charge in [0.05, 0.1) is 6.33 Å². The van der Waals surface area contributed by atoms with Crippen LogP contribution in [0.2, 0.25) is 5.02 Å². The van der Waals surface area contributed by atoms with Gasteiger partial charge < -0.3 is 20.7 Å². The number of halogens is 1. The van der Waals surface area contributed by atoms with Crippen molar-refractivity contribution in [2.45, 2.75) is 12.5 Å². The molecule has 0 fully saturated rings. The number of nitrogens with zero attached hydrogens (tertiary/aromatic N) is 1. The summed E-state index contributed by atoms with van der Waals surface area (Å²) in [7, 11) is 0. The Hall–Kier alpha value is -2.54. The lowest BCUT2D eigenvalue weighted by atomic mass is 10.2. The summed E-state index contributed by atoms with van der Waals surface area (Å²) in [5.41, 5.74) is 1.14. The number of carbonyl (C=O) groups excluding carboxylic acids is 1. The van der Waals surface area contributed by atoms with Crippen molar-refractivity contribution in [2.75, 3.05) is 5.32 Å². The Morgan fingerprint density at radius 3 is 2.62 bits per heavy atom. The monoisotopic (exact) mass is 308 g/mol. The van der Waals surface area contributed by atoms with Gasteiger partial charge in [0, 0.05) is 29.0 Å². The number of H-pyrrole nitrogens is 1. The fraction of sp³-hybridized carbons (Fsp3) is 0.154. The molecule has 0 radical (unpaired) electrons. The van der Waals surface area contributed by atoms with Crippen LogP contribution in [0.3, 0.4) is 0 Å². The SMILES string of the molecule is O=C(Nc1ccc(Cl)cc1)NC(Cc1cnc[nH]1)C(=O)O. The van der Waals surface area contributed by atoms with Gasteiger partial charge in [0.1, 0.15) is 6.04 Å². The lowest BCUT2D eigenvalue weighted by Gasteiger charge is -2.14. The fourth-order valence-electron chi connectivity index (χ4n) is 1.67. The minimum absolute atomic E-state index is 0.114. The molecule has 1 aromatic heterocycles. The van der Waals surface area contributed by atoms with Crippen LogP contribution in [-0.2, 0) is 11.2 Å². The molecule has 2 rings (SSSR count). The Morgan fingerprint density at radius 2 is 2.05 bits per heavy atom. The van der Waals surface area contributed by atoms with Crippen molar-refractivity contribution >= 4 is 29.3 Å². The minimum atomic E-state index is -1.13. The molecule has 1 atom stereocenters. The first-order valence-electron chi connectivity index (χ1n) is 6.08. The molecule has 2 amide bonds. The summed E-state index contributed by atoms with van der Waals surface area (Å²) in [6.45, 7) is 0. The van der Waals surface area contributed by atoms with Crippen molar-refractivity contribution in [1.29, 1.82) is 0 Å². The third-order valence-corrected chi connectivity index (χ3v) is 2.94. The number of anilines is 1. The minimum Gasteiger partial charge on any atom is -0.480 e. The van der Waals surface area contributed by atoms with E-state index >= 15 is 0 Å². The molecule has 0 aliphatic heterocycles. The van der Waals surface area contributed by atoms with Crippen LogP contribution in [0.1, 0.15) is 5.69 Å². The van der Waals surface area contributed by atoms with E-state index in [0.717, 1.165) is 0 Å². The van der Waals surface area contributed by atoms with Crippen molar-refractivity contribution in [3.05, 3.63) is 47.5 Å². The van der Waals surface area contributed by atoms with Crippen LogP contribution >= 0.6 is 11.6 Å². The van der Waals surface area contributed by atoms with Crippen molar-refractivity contribution in [2.24, 2.45) is 0 Å². The molecule has 1 unspecified atom stereocenters. The van der Waals surface area contributed by atoms with Crippen LogP contribution < -0.4 is 10.6 Å². The molecular weight excluding hydrogens is 296 g/mol. The highest BCUT2D eigenvalue weighted by Crippen LogP contribution is 2.13. The molecule has 1 heterocycles. The van der Waals surface area contributed by atoms with E-state index in [2.05, 4.69) is 20.6 Å². The zero-order valence-electron chi connectivity index (χ0n) is 10.8. The number of amides is 2. The van der Waals surface area contributed by atoms with E-state index in [4.69, 9.17) is 16.7 Å². The Balaban J connectivity index is 1.95. The van der Waals surface area contributed by atoms with Crippen LogP contribution in [0.15, 0.2) is 36.8 Å². The molecule has 0 saturated heterocycles. The highest BCUT2D eigenvalue weighted by atomic mass is 35.5. The summed E-state index contributed by atoms with van der Waals surface area (Å²) >= 11 is 5.74. The van der Waals surface area contributed by atoms with E-state index in [-0.39, 0.29) is 6.42 Å². The topological polar surface area (TPSA) is 107 Å². The average Bonchev–Trinajstić information content (AvgIpc) is 2.93. The first kappa shape index (κ1) is 14.9. The number of carboxylic acids is 1. The normalized spacial score (nSPS) is 11.7. The van der Waals surface area contributed by atoms with Crippen LogP contribution in [0.4, 0.5) is 10.5 Å². The lowest BCUT2D eigenvalue weighted by Crippen LogP contribution is -2.44. The second kappa shape index (κ2) is 6.76. The number of nitrogens with one attached hydrogen (secondary N) is 3. The van der Waals surface area contributed by atoms with Gasteiger partial charge in [0.15, 0.2) is 0 Å². The Labute approximate surface area is 125 Å². The smallest absolute Gasteiger partial charge is 0.326 e. The summed E-state index contributed by atoms with van der Waals surface area (Å²) in [5.74, 6) is -1.13. The van der Waals surface area contributed by atoms with Crippen molar-refractivity contribution in [3.8, 4) is 0 Å². The summed E-state index contributed by atoms with van der Waals surface area (Å²) in [6, 6.07) is 4.81. The molecule has 0 aliphatic rings. The third-order valence-electron chi connectivity index (χ3n) is 2.68. The number of aromatic nitrogens is 2. The maximum Gasteiger partial charge on any atom is 0.326 e. The molecule has 2 aromatic rings. The summed E-state index contributed by atoms with van der Waals surface area (Å²) in [4.78, 5) is 29.6. The van der Waals surface area contributed by atoms with Gasteiger partial charge in [0.2, 0.25) is 0 Å². The largest absolute Gasteiger partial charge is 0.480 e. The lowest BCUT2D eigenvalue weighted by molar-refractivity contribution is -0.139. The van der Waals surface area contributed by atoms with Gasteiger partial charge in [0.25, 0.3) is 0 Å². The van der Waals surface area contributed by atoms with Gasteiger partial charge in [-0.2, -0.15) is 0 Å². The molecule has 0 aliphatic carbocycles. The average molecular weight is 309 g/mol. The fourth-order valence-corrected chi connectivity index (χ4v) is 1.80. The molecule has 110 valence electrons. The van der Waals surface area contributed by atoms with Crippen LogP contribution in [-0.4, -0.2) is 33.1 Å². The van der Waals surface area contributed by atoms with E-state index < -0.39 is 18.0 Å². The Bertz CT molecular complexity index is 613. The highest BCUT2D eigenvalue weighted by Gasteiger charge is 2.21. The quantitative estimate of drug-likeness (QED) is 0.676. The van der Waals surface area contributed by atoms with Crippen molar-refractivity contribution in [1.82, 2.24) is 15.3 Å². The number of benzene rings is 1. The molecule has 0 spiro atoms. The molecule has 0 bridgehead atoms. The second-order valence-electron chi connectivity index (χ2n) is 4.28. The van der Waals surface area contributed by atoms with Crippen LogP contribution in [0.5, 0.6) is 0 Å². The van der Waals surface area contributed by atoms with E-state index in [9.17, 15) is 9.59 Å². The van der Waals surface area contributed by atoms with E-state index in [1.54, 1.807) is 24.3 Å².